The molecule has 1 N–H and O–H groups in total. The Hall–Kier alpha value is -2.48. The SMILES string of the molecule is CC(C(=O)Nc1ccc(N2CCCCC2)cc1)N1CCN(Cc2nc3ccccc3s2)CC1. The number of fused-ring (bicyclic) bond motifs is 1. The second-order valence-corrected chi connectivity index (χ2v) is 10.3. The molecule has 0 aliphatic carbocycles. The highest BCUT2D eigenvalue weighted by atomic mass is 32.1. The minimum absolute atomic E-state index is 0.0698. The minimum atomic E-state index is -0.142. The fraction of sp³-hybridized carbons (Fsp3) is 0.462. The van der Waals surface area contributed by atoms with Crippen LogP contribution in [0, 0.1) is 0 Å². The second kappa shape index (κ2) is 10.2. The number of carbonyl (C=O) groups is 1. The number of nitrogens with one attached hydrogen (secondary N) is 1. The molecule has 3 aromatic rings. The molecule has 7 heteroatoms. The summed E-state index contributed by atoms with van der Waals surface area (Å²) in [6.45, 7) is 8.87. The van der Waals surface area contributed by atoms with E-state index < -0.39 is 0 Å². The molecule has 174 valence electrons. The fourth-order valence-corrected chi connectivity index (χ4v) is 5.82. The first-order chi connectivity index (χ1) is 16.2. The van der Waals surface area contributed by atoms with Gasteiger partial charge in [-0.05, 0) is 62.6 Å². The molecule has 6 nitrogen and oxygen atoms in total. The van der Waals surface area contributed by atoms with E-state index in [0.717, 1.165) is 57.0 Å². The van der Waals surface area contributed by atoms with E-state index in [0.29, 0.717) is 0 Å². The van der Waals surface area contributed by atoms with Gasteiger partial charge in [0, 0.05) is 50.6 Å². The lowest BCUT2D eigenvalue weighted by Crippen LogP contribution is -2.52. The summed E-state index contributed by atoms with van der Waals surface area (Å²) in [4.78, 5) is 24.8. The Bertz CT molecular complexity index is 1030. The molecular weight excluding hydrogens is 430 g/mol. The highest BCUT2D eigenvalue weighted by Gasteiger charge is 2.26. The summed E-state index contributed by atoms with van der Waals surface area (Å²) in [7, 11) is 0. The van der Waals surface area contributed by atoms with Gasteiger partial charge >= 0.3 is 0 Å². The zero-order valence-corrected chi connectivity index (χ0v) is 20.2. The van der Waals surface area contributed by atoms with E-state index in [-0.39, 0.29) is 11.9 Å². The number of benzene rings is 2. The number of piperazine rings is 1. The standard InChI is InChI=1S/C26H33N5OS/c1-20(26(32)27-21-9-11-22(12-10-21)31-13-5-2-6-14-31)30-17-15-29(16-18-30)19-25-28-23-7-3-4-8-24(23)33-25/h3-4,7-12,20H,2,5-6,13-19H2,1H3,(H,27,32). The van der Waals surface area contributed by atoms with Gasteiger partial charge in [0.25, 0.3) is 0 Å². The Morgan fingerprint density at radius 2 is 1.70 bits per heavy atom. The molecule has 0 radical (unpaired) electrons. The molecule has 1 atom stereocenters. The van der Waals surface area contributed by atoms with Gasteiger partial charge in [-0.2, -0.15) is 0 Å². The number of aromatic nitrogens is 1. The van der Waals surface area contributed by atoms with E-state index in [9.17, 15) is 4.79 Å². The lowest BCUT2D eigenvalue weighted by atomic mass is 10.1. The van der Waals surface area contributed by atoms with E-state index >= 15 is 0 Å². The molecule has 2 saturated heterocycles. The molecule has 1 amide bonds. The molecule has 1 aromatic heterocycles. The minimum Gasteiger partial charge on any atom is -0.372 e. The molecule has 0 bridgehead atoms. The predicted molar refractivity (Wildman–Crippen MR) is 137 cm³/mol. The number of hydrogen-bond donors (Lipinski definition) is 1. The summed E-state index contributed by atoms with van der Waals surface area (Å²) < 4.78 is 1.25. The summed E-state index contributed by atoms with van der Waals surface area (Å²) in [6, 6.07) is 16.5. The number of piperidine rings is 1. The number of hydrogen-bond acceptors (Lipinski definition) is 6. The molecule has 5 rings (SSSR count). The van der Waals surface area contributed by atoms with Gasteiger partial charge in [0.2, 0.25) is 5.91 Å². The topological polar surface area (TPSA) is 51.7 Å². The third kappa shape index (κ3) is 5.37. The first-order valence-electron chi connectivity index (χ1n) is 12.1. The van der Waals surface area contributed by atoms with E-state index in [4.69, 9.17) is 4.98 Å². The van der Waals surface area contributed by atoms with Crippen LogP contribution in [0.25, 0.3) is 10.2 Å². The maximum absolute atomic E-state index is 12.9. The summed E-state index contributed by atoms with van der Waals surface area (Å²) in [6.07, 6.45) is 3.87. The molecule has 33 heavy (non-hydrogen) atoms. The molecular formula is C26H33N5OS. The van der Waals surface area contributed by atoms with Crippen LogP contribution in [0.3, 0.4) is 0 Å². The molecule has 0 saturated carbocycles. The first kappa shape index (κ1) is 22.3. The highest BCUT2D eigenvalue weighted by Crippen LogP contribution is 2.24. The van der Waals surface area contributed by atoms with Gasteiger partial charge in [-0.15, -0.1) is 11.3 Å². The van der Waals surface area contributed by atoms with Crippen molar-refractivity contribution in [1.29, 1.82) is 0 Å². The summed E-state index contributed by atoms with van der Waals surface area (Å²) in [5.41, 5.74) is 3.22. The van der Waals surface area contributed by atoms with Crippen LogP contribution in [0.2, 0.25) is 0 Å². The summed E-state index contributed by atoms with van der Waals surface area (Å²) >= 11 is 1.78. The van der Waals surface area contributed by atoms with Gasteiger partial charge in [0.05, 0.1) is 22.8 Å². The van der Waals surface area contributed by atoms with Crippen LogP contribution >= 0.6 is 11.3 Å². The van der Waals surface area contributed by atoms with E-state index in [1.54, 1.807) is 11.3 Å². The number of thiazole rings is 1. The van der Waals surface area contributed by atoms with Crippen molar-refractivity contribution in [2.45, 2.75) is 38.8 Å². The van der Waals surface area contributed by atoms with Crippen LogP contribution < -0.4 is 10.2 Å². The Morgan fingerprint density at radius 1 is 0.970 bits per heavy atom. The number of para-hydroxylation sites is 1. The normalized spacial score (nSPS) is 19.0. The monoisotopic (exact) mass is 463 g/mol. The van der Waals surface area contributed by atoms with Crippen molar-refractivity contribution in [3.8, 4) is 0 Å². The van der Waals surface area contributed by atoms with Crippen LogP contribution in [0.4, 0.5) is 11.4 Å². The lowest BCUT2D eigenvalue weighted by Gasteiger charge is -2.37. The zero-order valence-electron chi connectivity index (χ0n) is 19.4. The van der Waals surface area contributed by atoms with Gasteiger partial charge < -0.3 is 10.2 Å². The summed E-state index contributed by atoms with van der Waals surface area (Å²) in [5, 5.41) is 4.28. The van der Waals surface area contributed by atoms with Crippen molar-refractivity contribution in [3.63, 3.8) is 0 Å². The largest absolute Gasteiger partial charge is 0.372 e. The van der Waals surface area contributed by atoms with E-state index in [2.05, 4.69) is 50.3 Å². The average molecular weight is 464 g/mol. The van der Waals surface area contributed by atoms with Crippen molar-refractivity contribution in [2.24, 2.45) is 0 Å². The van der Waals surface area contributed by atoms with Crippen LogP contribution in [-0.4, -0.2) is 66.0 Å². The van der Waals surface area contributed by atoms with E-state index in [1.807, 2.05) is 25.1 Å². The molecule has 3 heterocycles. The van der Waals surface area contributed by atoms with Gasteiger partial charge in [-0.1, -0.05) is 12.1 Å². The Morgan fingerprint density at radius 3 is 2.42 bits per heavy atom. The zero-order chi connectivity index (χ0) is 22.6. The third-order valence-electron chi connectivity index (χ3n) is 6.89. The van der Waals surface area contributed by atoms with E-state index in [1.165, 1.54) is 34.7 Å². The maximum atomic E-state index is 12.9. The van der Waals surface area contributed by atoms with Crippen LogP contribution in [-0.2, 0) is 11.3 Å². The van der Waals surface area contributed by atoms with Gasteiger partial charge in [-0.25, -0.2) is 4.98 Å². The summed E-state index contributed by atoms with van der Waals surface area (Å²) in [5.74, 6) is 0.0698. The predicted octanol–water partition coefficient (Wildman–Crippen LogP) is 4.43. The first-order valence-corrected chi connectivity index (χ1v) is 12.9. The Kier molecular flexibility index (Phi) is 6.90. The molecule has 2 fully saturated rings. The molecule has 1 unspecified atom stereocenters. The number of anilines is 2. The molecule has 2 aliphatic heterocycles. The number of nitrogens with zero attached hydrogens (tertiary/aromatic N) is 4. The Balaban J connectivity index is 1.10. The van der Waals surface area contributed by atoms with Crippen LogP contribution in [0.15, 0.2) is 48.5 Å². The number of rotatable bonds is 6. The van der Waals surface area contributed by atoms with Crippen molar-refractivity contribution in [2.75, 3.05) is 49.5 Å². The van der Waals surface area contributed by atoms with Crippen LogP contribution in [0.1, 0.15) is 31.2 Å². The average Bonchev–Trinajstić information content (AvgIpc) is 3.27. The van der Waals surface area contributed by atoms with Gasteiger partial charge in [0.1, 0.15) is 5.01 Å². The molecule has 0 spiro atoms. The van der Waals surface area contributed by atoms with Crippen molar-refractivity contribution in [3.05, 3.63) is 53.5 Å². The quantitative estimate of drug-likeness (QED) is 0.586. The number of carbonyl (C=O) groups excluding carboxylic acids is 1. The maximum Gasteiger partial charge on any atom is 0.241 e. The Labute approximate surface area is 200 Å². The van der Waals surface area contributed by atoms with Gasteiger partial charge in [-0.3, -0.25) is 14.6 Å². The molecule has 2 aromatic carbocycles. The smallest absolute Gasteiger partial charge is 0.241 e. The fourth-order valence-electron chi connectivity index (χ4n) is 4.81. The van der Waals surface area contributed by atoms with Crippen molar-refractivity contribution < 1.29 is 4.79 Å². The van der Waals surface area contributed by atoms with Crippen LogP contribution in [0.5, 0.6) is 0 Å². The van der Waals surface area contributed by atoms with Crippen molar-refractivity contribution in [1.82, 2.24) is 14.8 Å². The van der Waals surface area contributed by atoms with Gasteiger partial charge in [0.15, 0.2) is 0 Å². The molecule has 2 aliphatic rings. The third-order valence-corrected chi connectivity index (χ3v) is 7.91. The highest BCUT2D eigenvalue weighted by molar-refractivity contribution is 7.18. The van der Waals surface area contributed by atoms with Crippen molar-refractivity contribution >= 4 is 38.8 Å². The lowest BCUT2D eigenvalue weighted by molar-refractivity contribution is -0.121. The second-order valence-electron chi connectivity index (χ2n) is 9.15. The number of amides is 1.